The van der Waals surface area contributed by atoms with Gasteiger partial charge in [0, 0.05) is 12.1 Å². The number of carbonyl (C=O) groups excluding carboxylic acids is 2. The van der Waals surface area contributed by atoms with Crippen LogP contribution >= 0.6 is 0 Å². The number of nitrogens with two attached hydrogens (primary N) is 1. The van der Waals surface area contributed by atoms with Crippen molar-refractivity contribution >= 4 is 11.8 Å². The molecule has 0 saturated heterocycles. The molecule has 0 aliphatic carbocycles. The first-order chi connectivity index (χ1) is 12.5. The van der Waals surface area contributed by atoms with Crippen molar-refractivity contribution in [3.05, 3.63) is 65.2 Å². The largest absolute Gasteiger partial charge is 0.496 e. The molecular weight excluding hydrogens is 328 g/mol. The van der Waals surface area contributed by atoms with Crippen molar-refractivity contribution < 1.29 is 14.3 Å². The van der Waals surface area contributed by atoms with Gasteiger partial charge in [0.15, 0.2) is 0 Å². The fourth-order valence-electron chi connectivity index (χ4n) is 2.89. The smallest absolute Gasteiger partial charge is 0.258 e. The molecule has 2 aromatic carbocycles. The molecule has 0 spiro atoms. The van der Waals surface area contributed by atoms with Crippen LogP contribution in [0.2, 0.25) is 0 Å². The van der Waals surface area contributed by atoms with Crippen molar-refractivity contribution in [1.82, 2.24) is 4.90 Å². The summed E-state index contributed by atoms with van der Waals surface area (Å²) in [5, 5.41) is 0. The van der Waals surface area contributed by atoms with Crippen LogP contribution in [0.5, 0.6) is 5.75 Å². The highest BCUT2D eigenvalue weighted by atomic mass is 16.5. The Balaban J connectivity index is 2.43. The maximum Gasteiger partial charge on any atom is 0.258 e. The summed E-state index contributed by atoms with van der Waals surface area (Å²) in [6.45, 7) is 4.72. The number of carbonyl (C=O) groups is 2. The highest BCUT2D eigenvalue weighted by Crippen LogP contribution is 2.27. The summed E-state index contributed by atoms with van der Waals surface area (Å²) in [6, 6.07) is 14.5. The van der Waals surface area contributed by atoms with Gasteiger partial charge in [-0.1, -0.05) is 43.7 Å². The van der Waals surface area contributed by atoms with E-state index in [1.807, 2.05) is 42.2 Å². The molecule has 2 rings (SSSR count). The van der Waals surface area contributed by atoms with Gasteiger partial charge in [0.2, 0.25) is 5.91 Å². The topological polar surface area (TPSA) is 72.6 Å². The third-order valence-electron chi connectivity index (χ3n) is 4.48. The van der Waals surface area contributed by atoms with E-state index in [0.29, 0.717) is 17.9 Å². The minimum Gasteiger partial charge on any atom is -0.496 e. The third kappa shape index (κ3) is 4.42. The van der Waals surface area contributed by atoms with Crippen molar-refractivity contribution in [3.8, 4) is 5.75 Å². The molecule has 138 valence electrons. The lowest BCUT2D eigenvalue weighted by molar-refractivity contribution is 0.0684. The van der Waals surface area contributed by atoms with Gasteiger partial charge >= 0.3 is 0 Å². The van der Waals surface area contributed by atoms with Gasteiger partial charge < -0.3 is 15.4 Å². The number of nitrogens with zero attached hydrogens (tertiary/aromatic N) is 1. The Morgan fingerprint density at radius 3 is 2.42 bits per heavy atom. The third-order valence-corrected chi connectivity index (χ3v) is 4.48. The van der Waals surface area contributed by atoms with Crippen LogP contribution in [-0.4, -0.2) is 30.4 Å². The SMILES string of the molecule is CCCCN(C(=O)c1cc(C(N)=O)ccc1OC)C(C)c1ccccc1. The summed E-state index contributed by atoms with van der Waals surface area (Å²) in [6.07, 6.45) is 1.87. The number of ether oxygens (including phenoxy) is 1. The number of hydrogen-bond donors (Lipinski definition) is 1. The summed E-state index contributed by atoms with van der Waals surface area (Å²) in [4.78, 5) is 26.7. The quantitative estimate of drug-likeness (QED) is 0.784. The molecule has 0 fully saturated rings. The number of methoxy groups -OCH3 is 1. The van der Waals surface area contributed by atoms with Gasteiger partial charge in [-0.25, -0.2) is 0 Å². The second-order valence-corrected chi connectivity index (χ2v) is 6.22. The zero-order chi connectivity index (χ0) is 19.1. The van der Waals surface area contributed by atoms with E-state index in [2.05, 4.69) is 6.92 Å². The molecular formula is C21H26N2O3. The average molecular weight is 354 g/mol. The van der Waals surface area contributed by atoms with Gasteiger partial charge in [0.05, 0.1) is 18.7 Å². The Hall–Kier alpha value is -2.82. The van der Waals surface area contributed by atoms with Crippen LogP contribution < -0.4 is 10.5 Å². The molecule has 0 heterocycles. The van der Waals surface area contributed by atoms with Crippen LogP contribution in [0.25, 0.3) is 0 Å². The zero-order valence-corrected chi connectivity index (χ0v) is 15.6. The molecule has 1 atom stereocenters. The molecule has 5 nitrogen and oxygen atoms in total. The minimum atomic E-state index is -0.571. The van der Waals surface area contributed by atoms with E-state index < -0.39 is 5.91 Å². The fourth-order valence-corrected chi connectivity index (χ4v) is 2.89. The van der Waals surface area contributed by atoms with Gasteiger partial charge in [0.1, 0.15) is 5.75 Å². The minimum absolute atomic E-state index is 0.0998. The molecule has 0 bridgehead atoms. The first-order valence-electron chi connectivity index (χ1n) is 8.83. The Morgan fingerprint density at radius 2 is 1.85 bits per heavy atom. The second kappa shape index (κ2) is 9.04. The van der Waals surface area contributed by atoms with E-state index in [0.717, 1.165) is 18.4 Å². The summed E-state index contributed by atoms with van der Waals surface area (Å²) in [5.74, 6) is -0.311. The lowest BCUT2D eigenvalue weighted by Gasteiger charge is -2.30. The van der Waals surface area contributed by atoms with Gasteiger partial charge in [-0.2, -0.15) is 0 Å². The molecule has 2 aromatic rings. The average Bonchev–Trinajstić information content (AvgIpc) is 2.67. The predicted molar refractivity (Wildman–Crippen MR) is 102 cm³/mol. The van der Waals surface area contributed by atoms with E-state index in [9.17, 15) is 9.59 Å². The predicted octanol–water partition coefficient (Wildman–Crippen LogP) is 3.80. The van der Waals surface area contributed by atoms with Crippen LogP contribution in [0.1, 0.15) is 59.0 Å². The second-order valence-electron chi connectivity index (χ2n) is 6.22. The molecule has 0 aliphatic rings. The maximum absolute atomic E-state index is 13.3. The zero-order valence-electron chi connectivity index (χ0n) is 15.6. The number of benzene rings is 2. The van der Waals surface area contributed by atoms with Crippen molar-refractivity contribution in [2.24, 2.45) is 5.73 Å². The van der Waals surface area contributed by atoms with Crippen LogP contribution in [0.15, 0.2) is 48.5 Å². The molecule has 2 N–H and O–H groups in total. The first-order valence-corrected chi connectivity index (χ1v) is 8.83. The standard InChI is InChI=1S/C21H26N2O3/c1-4-5-13-23(15(2)16-9-7-6-8-10-16)21(25)18-14-17(20(22)24)11-12-19(18)26-3/h6-12,14-15H,4-5,13H2,1-3H3,(H2,22,24). The summed E-state index contributed by atoms with van der Waals surface area (Å²) in [7, 11) is 1.51. The van der Waals surface area contributed by atoms with Crippen LogP contribution in [-0.2, 0) is 0 Å². The van der Waals surface area contributed by atoms with E-state index in [1.54, 1.807) is 12.1 Å². The first kappa shape index (κ1) is 19.5. The summed E-state index contributed by atoms with van der Waals surface area (Å²) in [5.41, 5.74) is 7.07. The Kier molecular flexibility index (Phi) is 6.78. The van der Waals surface area contributed by atoms with Gasteiger partial charge in [-0.15, -0.1) is 0 Å². The Morgan fingerprint density at radius 1 is 1.15 bits per heavy atom. The molecule has 0 aliphatic heterocycles. The highest BCUT2D eigenvalue weighted by molar-refractivity contribution is 6.01. The monoisotopic (exact) mass is 354 g/mol. The number of rotatable bonds is 8. The van der Waals surface area contributed by atoms with Crippen LogP contribution in [0.3, 0.4) is 0 Å². The van der Waals surface area contributed by atoms with E-state index in [4.69, 9.17) is 10.5 Å². The maximum atomic E-state index is 13.3. The molecule has 0 radical (unpaired) electrons. The van der Waals surface area contributed by atoms with Gasteiger partial charge in [-0.05, 0) is 37.1 Å². The molecule has 0 aromatic heterocycles. The number of hydrogen-bond acceptors (Lipinski definition) is 3. The Bertz CT molecular complexity index is 759. The van der Waals surface area contributed by atoms with E-state index >= 15 is 0 Å². The van der Waals surface area contributed by atoms with Crippen LogP contribution in [0, 0.1) is 0 Å². The molecule has 5 heteroatoms. The van der Waals surface area contributed by atoms with Gasteiger partial charge in [0.25, 0.3) is 5.91 Å². The van der Waals surface area contributed by atoms with Crippen molar-refractivity contribution in [2.75, 3.05) is 13.7 Å². The van der Waals surface area contributed by atoms with Crippen molar-refractivity contribution in [2.45, 2.75) is 32.7 Å². The van der Waals surface area contributed by atoms with Crippen molar-refractivity contribution in [1.29, 1.82) is 0 Å². The lowest BCUT2D eigenvalue weighted by Crippen LogP contribution is -2.35. The van der Waals surface area contributed by atoms with Gasteiger partial charge in [-0.3, -0.25) is 9.59 Å². The number of amides is 2. The normalized spacial score (nSPS) is 11.7. The number of primary amides is 1. The highest BCUT2D eigenvalue weighted by Gasteiger charge is 2.25. The Labute approximate surface area is 154 Å². The summed E-state index contributed by atoms with van der Waals surface area (Å²) >= 11 is 0. The van der Waals surface area contributed by atoms with E-state index in [-0.39, 0.29) is 17.5 Å². The van der Waals surface area contributed by atoms with Crippen LogP contribution in [0.4, 0.5) is 0 Å². The molecule has 26 heavy (non-hydrogen) atoms. The summed E-state index contributed by atoms with van der Waals surface area (Å²) < 4.78 is 5.34. The molecule has 1 unspecified atom stereocenters. The van der Waals surface area contributed by atoms with Crippen molar-refractivity contribution in [3.63, 3.8) is 0 Å². The number of unbranched alkanes of at least 4 members (excludes halogenated alkanes) is 1. The lowest BCUT2D eigenvalue weighted by atomic mass is 10.0. The molecule has 0 saturated carbocycles. The fraction of sp³-hybridized carbons (Fsp3) is 0.333. The van der Waals surface area contributed by atoms with E-state index in [1.165, 1.54) is 13.2 Å². The molecule has 2 amide bonds.